The molecule has 1 saturated carbocycles. The van der Waals surface area contributed by atoms with Crippen molar-refractivity contribution in [3.63, 3.8) is 0 Å². The van der Waals surface area contributed by atoms with E-state index < -0.39 is 59.4 Å². The lowest BCUT2D eigenvalue weighted by Gasteiger charge is -2.39. The van der Waals surface area contributed by atoms with Crippen molar-refractivity contribution in [1.82, 2.24) is 15.5 Å². The highest BCUT2D eigenvalue weighted by atomic mass is 79.9. The van der Waals surface area contributed by atoms with Gasteiger partial charge in [0.2, 0.25) is 11.5 Å². The van der Waals surface area contributed by atoms with Crippen LogP contribution >= 0.6 is 15.9 Å². The molecule has 3 N–H and O–H groups in total. The fourth-order valence-electron chi connectivity index (χ4n) is 5.84. The molecule has 0 bridgehead atoms. The maximum atomic E-state index is 14.3. The van der Waals surface area contributed by atoms with Gasteiger partial charge < -0.3 is 20.3 Å². The van der Waals surface area contributed by atoms with Crippen LogP contribution in [0.15, 0.2) is 40.9 Å². The van der Waals surface area contributed by atoms with Crippen molar-refractivity contribution in [1.29, 1.82) is 0 Å². The van der Waals surface area contributed by atoms with Gasteiger partial charge in [0, 0.05) is 36.5 Å². The minimum Gasteiger partial charge on any atom is -0.427 e. The number of nitrogens with one attached hydrogen (secondary N) is 3. The second kappa shape index (κ2) is 11.2. The van der Waals surface area contributed by atoms with Gasteiger partial charge in [-0.25, -0.2) is 14.0 Å². The van der Waals surface area contributed by atoms with E-state index in [4.69, 9.17) is 4.74 Å². The number of carbonyl (C=O) groups excluding carboxylic acids is 4. The van der Waals surface area contributed by atoms with Crippen molar-refractivity contribution in [2.45, 2.75) is 56.5 Å². The topological polar surface area (TPSA) is 117 Å². The number of alkyl halides is 3. The normalized spacial score (nSPS) is 22.2. The number of hydrogen-bond acceptors (Lipinski definition) is 5. The zero-order valence-corrected chi connectivity index (χ0v) is 23.9. The summed E-state index contributed by atoms with van der Waals surface area (Å²) in [4.78, 5) is 51.8. The summed E-state index contributed by atoms with van der Waals surface area (Å²) in [6.07, 6.45) is -5.41. The van der Waals surface area contributed by atoms with Crippen molar-refractivity contribution < 1.29 is 41.5 Å². The van der Waals surface area contributed by atoms with Crippen LogP contribution in [0.3, 0.4) is 0 Å². The monoisotopic (exact) mass is 654 g/mol. The molecule has 0 radical (unpaired) electrons. The van der Waals surface area contributed by atoms with Gasteiger partial charge in [-0.3, -0.25) is 14.9 Å². The number of amides is 5. The van der Waals surface area contributed by atoms with E-state index in [0.717, 1.165) is 17.0 Å². The van der Waals surface area contributed by atoms with E-state index in [1.807, 2.05) is 0 Å². The number of alkyl carbamates (subject to hydrolysis) is 1. The third-order valence-electron chi connectivity index (χ3n) is 7.86. The lowest BCUT2D eigenvalue weighted by atomic mass is 9.72. The number of fused-ring (bicyclic) bond motifs is 2. The van der Waals surface area contributed by atoms with Crippen molar-refractivity contribution in [2.24, 2.45) is 11.8 Å². The van der Waals surface area contributed by atoms with Crippen LogP contribution in [0, 0.1) is 17.7 Å². The first kappa shape index (κ1) is 29.8. The Hall–Kier alpha value is -3.68. The van der Waals surface area contributed by atoms with Crippen molar-refractivity contribution in [2.75, 3.05) is 12.4 Å². The first-order valence-corrected chi connectivity index (χ1v) is 14.1. The fraction of sp³-hybridized carbons (Fsp3) is 0.429. The molecule has 9 nitrogen and oxygen atoms in total. The van der Waals surface area contributed by atoms with Crippen molar-refractivity contribution in [3.05, 3.63) is 63.4 Å². The summed E-state index contributed by atoms with van der Waals surface area (Å²) >= 11 is 3.45. The summed E-state index contributed by atoms with van der Waals surface area (Å²) in [5.41, 5.74) is -0.313. The van der Waals surface area contributed by atoms with Crippen LogP contribution in [0.25, 0.3) is 0 Å². The van der Waals surface area contributed by atoms with Gasteiger partial charge in [-0.2, -0.15) is 13.2 Å². The molecule has 1 aliphatic heterocycles. The zero-order valence-electron chi connectivity index (χ0n) is 22.3. The number of nitrogens with zero attached hydrogens (tertiary/aromatic N) is 1. The molecule has 0 aromatic heterocycles. The summed E-state index contributed by atoms with van der Waals surface area (Å²) in [6, 6.07) is 5.43. The number of carbonyl (C=O) groups is 4. The quantitative estimate of drug-likeness (QED) is 0.358. The number of rotatable bonds is 7. The second-order valence-electron chi connectivity index (χ2n) is 10.8. The van der Waals surface area contributed by atoms with Gasteiger partial charge in [-0.15, -0.1) is 0 Å². The molecular formula is C28H27BrF4N4O5. The minimum absolute atomic E-state index is 0.136. The van der Waals surface area contributed by atoms with Gasteiger partial charge in [0.1, 0.15) is 11.9 Å². The van der Waals surface area contributed by atoms with E-state index in [2.05, 4.69) is 31.9 Å². The maximum Gasteiger partial charge on any atom is 0.415 e. The molecule has 42 heavy (non-hydrogen) atoms. The van der Waals surface area contributed by atoms with E-state index in [-0.39, 0.29) is 25.8 Å². The summed E-state index contributed by atoms with van der Waals surface area (Å²) < 4.78 is 62.3. The molecule has 224 valence electrons. The Labute approximate surface area is 246 Å². The van der Waals surface area contributed by atoms with Crippen LogP contribution in [0.4, 0.5) is 32.8 Å². The number of anilines is 1. The average Bonchev–Trinajstić information content (AvgIpc) is 3.70. The maximum absolute atomic E-state index is 14.3. The summed E-state index contributed by atoms with van der Waals surface area (Å²) in [6.45, 7) is -0.381. The number of hydrogen-bond donors (Lipinski definition) is 3. The molecule has 2 aliphatic carbocycles. The van der Waals surface area contributed by atoms with Crippen LogP contribution in [0.5, 0.6) is 0 Å². The zero-order chi connectivity index (χ0) is 30.4. The Bertz CT molecular complexity index is 1430. The highest BCUT2D eigenvalue weighted by molar-refractivity contribution is 9.10. The lowest BCUT2D eigenvalue weighted by Crippen LogP contribution is -2.51. The smallest absolute Gasteiger partial charge is 0.415 e. The Morgan fingerprint density at radius 3 is 2.43 bits per heavy atom. The molecule has 14 heteroatoms. The second-order valence-corrected chi connectivity index (χ2v) is 11.6. The summed E-state index contributed by atoms with van der Waals surface area (Å²) in [7, 11) is 1.42. The Kier molecular flexibility index (Phi) is 7.94. The van der Waals surface area contributed by atoms with Crippen LogP contribution in [0.1, 0.15) is 42.4 Å². The Morgan fingerprint density at radius 1 is 1.17 bits per heavy atom. The molecule has 1 saturated heterocycles. The van der Waals surface area contributed by atoms with Gasteiger partial charge >= 0.3 is 18.3 Å². The third kappa shape index (κ3) is 5.81. The number of ether oxygens (including phenoxy) is 1. The van der Waals surface area contributed by atoms with Crippen LogP contribution in [0.2, 0.25) is 0 Å². The number of urea groups is 1. The highest BCUT2D eigenvalue weighted by Gasteiger charge is 2.57. The third-order valence-corrected chi connectivity index (χ3v) is 8.77. The minimum atomic E-state index is -4.69. The molecule has 2 aromatic carbocycles. The SMILES string of the molecule is CNC(=O)Nc1ccc2c(c1Br)CC(CC(=O)N(Cc1ccc(F)cc1)[C@@H](C1CC1)C(F)(F)F)CC21OC(=O)NC1=O. The predicted molar refractivity (Wildman–Crippen MR) is 144 cm³/mol. The Morgan fingerprint density at radius 2 is 1.86 bits per heavy atom. The molecule has 5 amide bonds. The largest absolute Gasteiger partial charge is 0.427 e. The molecular weight excluding hydrogens is 628 g/mol. The summed E-state index contributed by atoms with van der Waals surface area (Å²) in [5.74, 6) is -3.56. The van der Waals surface area contributed by atoms with E-state index in [0.29, 0.717) is 39.7 Å². The molecule has 3 aliphatic rings. The van der Waals surface area contributed by atoms with Gasteiger partial charge in [-0.05, 0) is 76.4 Å². The first-order valence-electron chi connectivity index (χ1n) is 13.3. The van der Waals surface area contributed by atoms with Gasteiger partial charge in [-0.1, -0.05) is 18.2 Å². The average molecular weight is 655 g/mol. The number of imide groups is 1. The van der Waals surface area contributed by atoms with E-state index >= 15 is 0 Å². The predicted octanol–water partition coefficient (Wildman–Crippen LogP) is 5.12. The number of benzene rings is 2. The van der Waals surface area contributed by atoms with Gasteiger partial charge in [0.15, 0.2) is 0 Å². The van der Waals surface area contributed by atoms with Gasteiger partial charge in [0.05, 0.1) is 5.69 Å². The highest BCUT2D eigenvalue weighted by Crippen LogP contribution is 2.49. The fourth-order valence-corrected chi connectivity index (χ4v) is 6.45. The standard InChI is InChI=1S/C28H27BrF4N4O5/c1-34-25(40)35-20-9-8-19-18(22(20)29)10-15(12-27(19)24(39)36-26(41)42-27)11-21(38)37(13-14-2-6-17(30)7-3-14)23(16-4-5-16)28(31,32)33/h2-3,6-9,15-16,23H,4-5,10-13H2,1H3,(H2,34,35,40)(H,36,39,41)/t15?,23-,27?/m0/s1. The van der Waals surface area contributed by atoms with E-state index in [9.17, 15) is 36.7 Å². The molecule has 2 fully saturated rings. The molecule has 1 heterocycles. The first-order chi connectivity index (χ1) is 19.8. The molecule has 3 atom stereocenters. The van der Waals surface area contributed by atoms with Crippen molar-refractivity contribution >= 4 is 45.6 Å². The molecule has 2 unspecified atom stereocenters. The van der Waals surface area contributed by atoms with E-state index in [1.54, 1.807) is 0 Å². The van der Waals surface area contributed by atoms with Crippen molar-refractivity contribution in [3.8, 4) is 0 Å². The molecule has 2 aromatic rings. The Balaban J connectivity index is 1.49. The van der Waals surface area contributed by atoms with Crippen LogP contribution < -0.4 is 16.0 Å². The lowest BCUT2D eigenvalue weighted by molar-refractivity contribution is -0.196. The number of halogens is 5. The van der Waals surface area contributed by atoms with Gasteiger partial charge in [0.25, 0.3) is 5.91 Å². The van der Waals surface area contributed by atoms with Crippen LogP contribution in [-0.2, 0) is 32.9 Å². The molecule has 1 spiro atoms. The summed E-state index contributed by atoms with van der Waals surface area (Å²) in [5, 5.41) is 7.17. The van der Waals surface area contributed by atoms with Crippen LogP contribution in [-0.4, -0.2) is 48.1 Å². The van der Waals surface area contributed by atoms with E-state index in [1.165, 1.54) is 31.3 Å². The molecule has 5 rings (SSSR count).